The monoisotopic (exact) mass is 333 g/mol. The maximum absolute atomic E-state index is 5.59. The van der Waals surface area contributed by atoms with E-state index < -0.39 is 0 Å². The number of hydrogen-bond acceptors (Lipinski definition) is 3. The second-order valence-electron chi connectivity index (χ2n) is 4.45. The molecule has 0 fully saturated rings. The van der Waals surface area contributed by atoms with Gasteiger partial charge in [-0.05, 0) is 59.6 Å². The minimum absolute atomic E-state index is 0.525. The second-order valence-corrected chi connectivity index (χ2v) is 6.30. The molecule has 1 unspecified atom stereocenters. The first-order valence-electron chi connectivity index (χ1n) is 6.80. The molecule has 1 atom stereocenters. The Morgan fingerprint density at radius 3 is 2.78 bits per heavy atom. The van der Waals surface area contributed by atoms with Crippen molar-refractivity contribution in [1.29, 1.82) is 0 Å². The van der Waals surface area contributed by atoms with Gasteiger partial charge in [0.2, 0.25) is 0 Å². The summed E-state index contributed by atoms with van der Waals surface area (Å²) >= 11 is 5.43. The van der Waals surface area contributed by atoms with Gasteiger partial charge >= 0.3 is 0 Å². The lowest BCUT2D eigenvalue weighted by Crippen LogP contribution is -2.32. The van der Waals surface area contributed by atoms with Crippen molar-refractivity contribution < 1.29 is 4.74 Å². The highest BCUT2D eigenvalue weighted by Crippen LogP contribution is 2.24. The molecule has 1 aromatic rings. The summed E-state index contributed by atoms with van der Waals surface area (Å²) in [5, 5.41) is 5.76. The van der Waals surface area contributed by atoms with Crippen LogP contribution in [0, 0.1) is 0 Å². The number of halogens is 1. The molecule has 0 saturated carbocycles. The van der Waals surface area contributed by atoms with Gasteiger partial charge in [-0.15, -0.1) is 11.3 Å². The summed E-state index contributed by atoms with van der Waals surface area (Å²) in [6.45, 7) is 7.18. The van der Waals surface area contributed by atoms with Crippen LogP contribution in [0.25, 0.3) is 0 Å². The number of thiophene rings is 1. The fourth-order valence-corrected chi connectivity index (χ4v) is 3.39. The Kier molecular flexibility index (Phi) is 8.94. The number of nitrogens with one attached hydrogen (secondary N) is 1. The Labute approximate surface area is 123 Å². The number of ether oxygens (including phenoxy) is 1. The summed E-state index contributed by atoms with van der Waals surface area (Å²) in [5.74, 6) is 0. The van der Waals surface area contributed by atoms with Crippen LogP contribution in [0.15, 0.2) is 15.9 Å². The van der Waals surface area contributed by atoms with Crippen LogP contribution in [0.1, 0.15) is 38.0 Å². The average molecular weight is 334 g/mol. The molecular weight excluding hydrogens is 310 g/mol. The van der Waals surface area contributed by atoms with Gasteiger partial charge in [0.25, 0.3) is 0 Å². The van der Waals surface area contributed by atoms with Crippen molar-refractivity contribution in [2.75, 3.05) is 19.8 Å². The fraction of sp³-hybridized carbons (Fsp3) is 0.714. The highest BCUT2D eigenvalue weighted by Gasteiger charge is 2.11. The highest BCUT2D eigenvalue weighted by atomic mass is 79.9. The molecule has 18 heavy (non-hydrogen) atoms. The van der Waals surface area contributed by atoms with Crippen molar-refractivity contribution in [1.82, 2.24) is 5.32 Å². The zero-order valence-electron chi connectivity index (χ0n) is 11.4. The topological polar surface area (TPSA) is 21.3 Å². The molecule has 0 aliphatic carbocycles. The van der Waals surface area contributed by atoms with Crippen LogP contribution in [-0.4, -0.2) is 25.8 Å². The van der Waals surface area contributed by atoms with Gasteiger partial charge in [-0.25, -0.2) is 0 Å². The SMILES string of the molecule is CCCNC(CCOCCC)Cc1sccc1Br. The third-order valence-corrected chi connectivity index (χ3v) is 4.71. The Balaban J connectivity index is 2.37. The number of hydrogen-bond donors (Lipinski definition) is 1. The molecular formula is C14H24BrNOS. The quantitative estimate of drug-likeness (QED) is 0.646. The Morgan fingerprint density at radius 2 is 2.17 bits per heavy atom. The molecule has 1 rings (SSSR count). The smallest absolute Gasteiger partial charge is 0.0480 e. The molecule has 1 N–H and O–H groups in total. The zero-order valence-corrected chi connectivity index (χ0v) is 13.8. The van der Waals surface area contributed by atoms with Crippen LogP contribution >= 0.6 is 27.3 Å². The summed E-state index contributed by atoms with van der Waals surface area (Å²) < 4.78 is 6.84. The first kappa shape index (κ1) is 16.2. The summed E-state index contributed by atoms with van der Waals surface area (Å²) in [7, 11) is 0. The molecule has 0 aromatic carbocycles. The lowest BCUT2D eigenvalue weighted by atomic mass is 10.1. The van der Waals surface area contributed by atoms with E-state index in [1.165, 1.54) is 15.8 Å². The van der Waals surface area contributed by atoms with Crippen molar-refractivity contribution in [3.05, 3.63) is 20.8 Å². The lowest BCUT2D eigenvalue weighted by Gasteiger charge is -2.18. The van der Waals surface area contributed by atoms with E-state index in [9.17, 15) is 0 Å². The van der Waals surface area contributed by atoms with Crippen LogP contribution in [-0.2, 0) is 11.2 Å². The van der Waals surface area contributed by atoms with Crippen molar-refractivity contribution in [2.24, 2.45) is 0 Å². The van der Waals surface area contributed by atoms with Gasteiger partial charge in [0, 0.05) is 28.6 Å². The summed E-state index contributed by atoms with van der Waals surface area (Å²) in [5.41, 5.74) is 0. The minimum atomic E-state index is 0.525. The third-order valence-electron chi connectivity index (χ3n) is 2.76. The van der Waals surface area contributed by atoms with Crippen molar-refractivity contribution in [2.45, 2.75) is 45.6 Å². The minimum Gasteiger partial charge on any atom is -0.381 e. The van der Waals surface area contributed by atoms with Crippen molar-refractivity contribution >= 4 is 27.3 Å². The van der Waals surface area contributed by atoms with Crippen LogP contribution in [0.4, 0.5) is 0 Å². The van der Waals surface area contributed by atoms with Crippen molar-refractivity contribution in [3.8, 4) is 0 Å². The van der Waals surface area contributed by atoms with E-state index in [-0.39, 0.29) is 0 Å². The summed E-state index contributed by atoms with van der Waals surface area (Å²) in [4.78, 5) is 1.43. The van der Waals surface area contributed by atoms with Gasteiger partial charge < -0.3 is 10.1 Å². The van der Waals surface area contributed by atoms with Crippen LogP contribution < -0.4 is 5.32 Å². The van der Waals surface area contributed by atoms with Gasteiger partial charge in [-0.2, -0.15) is 0 Å². The van der Waals surface area contributed by atoms with Gasteiger partial charge in [0.05, 0.1) is 0 Å². The Morgan fingerprint density at radius 1 is 1.33 bits per heavy atom. The van der Waals surface area contributed by atoms with Gasteiger partial charge in [-0.3, -0.25) is 0 Å². The van der Waals surface area contributed by atoms with E-state index in [4.69, 9.17) is 4.74 Å². The third kappa shape index (κ3) is 6.32. The molecule has 0 saturated heterocycles. The van der Waals surface area contributed by atoms with Gasteiger partial charge in [-0.1, -0.05) is 13.8 Å². The van der Waals surface area contributed by atoms with E-state index in [1.54, 1.807) is 0 Å². The lowest BCUT2D eigenvalue weighted by molar-refractivity contribution is 0.124. The maximum atomic E-state index is 5.59. The molecule has 0 aliphatic rings. The van der Waals surface area contributed by atoms with E-state index in [2.05, 4.69) is 46.5 Å². The van der Waals surface area contributed by atoms with E-state index in [0.717, 1.165) is 39.0 Å². The number of rotatable bonds is 10. The predicted octanol–water partition coefficient (Wildman–Crippen LogP) is 4.24. The molecule has 1 aromatic heterocycles. The largest absolute Gasteiger partial charge is 0.381 e. The Bertz CT molecular complexity index is 316. The normalized spacial score (nSPS) is 12.8. The average Bonchev–Trinajstić information content (AvgIpc) is 2.77. The fourth-order valence-electron chi connectivity index (χ4n) is 1.79. The van der Waals surface area contributed by atoms with Crippen LogP contribution in [0.5, 0.6) is 0 Å². The summed E-state index contributed by atoms with van der Waals surface area (Å²) in [6, 6.07) is 2.65. The first-order chi connectivity index (χ1) is 8.77. The van der Waals surface area contributed by atoms with Gasteiger partial charge in [0.1, 0.15) is 0 Å². The van der Waals surface area contributed by atoms with Gasteiger partial charge in [0.15, 0.2) is 0 Å². The highest BCUT2D eigenvalue weighted by molar-refractivity contribution is 9.10. The molecule has 0 spiro atoms. The molecule has 0 amide bonds. The molecule has 1 heterocycles. The van der Waals surface area contributed by atoms with E-state index >= 15 is 0 Å². The Hall–Kier alpha value is 0.100. The second kappa shape index (κ2) is 9.96. The first-order valence-corrected chi connectivity index (χ1v) is 8.48. The molecule has 0 bridgehead atoms. The standard InChI is InChI=1S/C14H24BrNOS/c1-3-7-16-12(5-9-17-8-4-2)11-14-13(15)6-10-18-14/h6,10,12,16H,3-5,7-9,11H2,1-2H3. The zero-order chi connectivity index (χ0) is 13.2. The molecule has 0 aliphatic heterocycles. The van der Waals surface area contributed by atoms with E-state index in [1.807, 2.05) is 11.3 Å². The molecule has 104 valence electrons. The predicted molar refractivity (Wildman–Crippen MR) is 83.5 cm³/mol. The van der Waals surface area contributed by atoms with Crippen LogP contribution in [0.2, 0.25) is 0 Å². The summed E-state index contributed by atoms with van der Waals surface area (Å²) in [6.07, 6.45) is 4.46. The molecule has 4 heteroatoms. The maximum Gasteiger partial charge on any atom is 0.0480 e. The molecule has 2 nitrogen and oxygen atoms in total. The molecule has 0 radical (unpaired) electrons. The van der Waals surface area contributed by atoms with E-state index in [0.29, 0.717) is 6.04 Å². The van der Waals surface area contributed by atoms with Crippen LogP contribution in [0.3, 0.4) is 0 Å². The van der Waals surface area contributed by atoms with Crippen molar-refractivity contribution in [3.63, 3.8) is 0 Å².